The van der Waals surface area contributed by atoms with Crippen LogP contribution in [0.5, 0.6) is 0 Å². The fourth-order valence-corrected chi connectivity index (χ4v) is 6.90. The minimum atomic E-state index is -0.751. The van der Waals surface area contributed by atoms with Crippen molar-refractivity contribution in [3.05, 3.63) is 47.6 Å². The number of carbonyl (C=O) groups excluding carboxylic acids is 2. The lowest BCUT2D eigenvalue weighted by Gasteiger charge is -2.58. The van der Waals surface area contributed by atoms with Crippen LogP contribution in [0.25, 0.3) is 0 Å². The van der Waals surface area contributed by atoms with Gasteiger partial charge in [-0.3, -0.25) is 0 Å². The van der Waals surface area contributed by atoms with Crippen LogP contribution in [0.1, 0.15) is 46.5 Å². The molecule has 2 spiro atoms. The number of allylic oxidation sites excluding steroid dienone is 2. The molecule has 0 amide bonds. The number of epoxide rings is 1. The minimum Gasteiger partial charge on any atom is -0.462 e. The quantitative estimate of drug-likeness (QED) is 0.314. The van der Waals surface area contributed by atoms with E-state index < -0.39 is 52.8 Å². The van der Waals surface area contributed by atoms with E-state index in [1.807, 2.05) is 13.0 Å². The molecule has 8 atom stereocenters. The van der Waals surface area contributed by atoms with Crippen LogP contribution in [0.3, 0.4) is 0 Å². The maximum atomic E-state index is 12.9. The Morgan fingerprint density at radius 1 is 1.13 bits per heavy atom. The van der Waals surface area contributed by atoms with E-state index in [1.54, 1.807) is 25.2 Å². The molecule has 0 unspecified atom stereocenters. The summed E-state index contributed by atoms with van der Waals surface area (Å²) in [6.45, 7) is 6.34. The Kier molecular flexibility index (Phi) is 7.43. The fraction of sp³-hybridized carbons (Fsp3) is 0.655. The first-order valence-corrected chi connectivity index (χ1v) is 13.4. The van der Waals surface area contributed by atoms with Gasteiger partial charge in [-0.25, -0.2) is 9.59 Å². The van der Waals surface area contributed by atoms with E-state index >= 15 is 0 Å². The molecule has 3 aliphatic heterocycles. The van der Waals surface area contributed by atoms with E-state index in [0.29, 0.717) is 38.9 Å². The number of aliphatic hydroxyl groups excluding tert-OH is 2. The van der Waals surface area contributed by atoms with Crippen LogP contribution >= 0.6 is 0 Å². The van der Waals surface area contributed by atoms with E-state index in [1.165, 1.54) is 12.2 Å². The second-order valence-electron chi connectivity index (χ2n) is 11.4. The van der Waals surface area contributed by atoms with Gasteiger partial charge >= 0.3 is 11.9 Å². The highest BCUT2D eigenvalue weighted by Gasteiger charge is 2.83. The summed E-state index contributed by atoms with van der Waals surface area (Å²) in [7, 11) is 0. The van der Waals surface area contributed by atoms with Crippen molar-refractivity contribution in [2.75, 3.05) is 26.4 Å². The van der Waals surface area contributed by atoms with Crippen LogP contribution in [0.4, 0.5) is 0 Å². The van der Waals surface area contributed by atoms with Crippen LogP contribution in [-0.2, 0) is 33.3 Å². The molecule has 2 saturated heterocycles. The van der Waals surface area contributed by atoms with Crippen LogP contribution in [-0.4, -0.2) is 84.7 Å². The SMILES string of the molecule is C/C1=C/C(=O)OC[C@]23CCC(CO)=C[C@H]2O[C@@H]2C[C@@H](OC(=O)C=C/C=C\[C@H]([C@@H](C)O)OCC1)[C@@]3(C)[C@]21CO1. The maximum absolute atomic E-state index is 12.9. The highest BCUT2D eigenvalue weighted by Crippen LogP contribution is 2.72. The fourth-order valence-electron chi connectivity index (χ4n) is 6.90. The molecule has 0 aromatic rings. The largest absolute Gasteiger partial charge is 0.462 e. The molecule has 9 heteroatoms. The van der Waals surface area contributed by atoms with Crippen molar-refractivity contribution >= 4 is 11.9 Å². The van der Waals surface area contributed by atoms with Gasteiger partial charge in [-0.05, 0) is 38.7 Å². The second-order valence-corrected chi connectivity index (χ2v) is 11.4. The number of cyclic esters (lactones) is 1. The zero-order valence-electron chi connectivity index (χ0n) is 22.3. The summed E-state index contributed by atoms with van der Waals surface area (Å²) in [5.74, 6) is -0.962. The van der Waals surface area contributed by atoms with Crippen molar-refractivity contribution in [1.82, 2.24) is 0 Å². The number of hydrogen-bond donors (Lipinski definition) is 2. The third-order valence-electron chi connectivity index (χ3n) is 9.32. The molecule has 2 aliphatic carbocycles. The standard InChI is InChI=1S/C29H38O9/c1-18-9-11-34-21(19(2)31)6-4-5-7-25(32)38-22-14-24-29(17-36-29)27(22,3)28(16-35-26(33)12-18)10-8-20(15-30)13-23(28)37-24/h4-7,12-13,19,21-24,30-31H,8-11,14-17H2,1-3H3/b6-4-,7-5?,18-12-/t19-,21-,22-,23-,24-,27-,28-,29+/m1/s1. The van der Waals surface area contributed by atoms with Gasteiger partial charge in [-0.1, -0.05) is 36.8 Å². The van der Waals surface area contributed by atoms with E-state index in [2.05, 4.69) is 6.92 Å². The number of rotatable bonds is 2. The molecule has 0 radical (unpaired) electrons. The van der Waals surface area contributed by atoms with E-state index in [0.717, 1.165) is 11.1 Å². The number of carbonyl (C=O) groups is 2. The summed E-state index contributed by atoms with van der Waals surface area (Å²) >= 11 is 0. The zero-order chi connectivity index (χ0) is 27.1. The molecule has 2 bridgehead atoms. The van der Waals surface area contributed by atoms with Crippen molar-refractivity contribution in [3.63, 3.8) is 0 Å². The first-order valence-electron chi connectivity index (χ1n) is 13.4. The molecule has 5 aliphatic rings. The maximum Gasteiger partial charge on any atom is 0.331 e. The number of esters is 2. The predicted octanol–water partition coefficient (Wildman–Crippen LogP) is 2.32. The Labute approximate surface area is 223 Å². The predicted molar refractivity (Wildman–Crippen MR) is 136 cm³/mol. The normalized spacial score (nSPS) is 44.4. The van der Waals surface area contributed by atoms with Gasteiger partial charge in [0.25, 0.3) is 0 Å². The van der Waals surface area contributed by atoms with Gasteiger partial charge in [-0.2, -0.15) is 0 Å². The molecule has 3 fully saturated rings. The molecular weight excluding hydrogens is 492 g/mol. The molecule has 5 rings (SSSR count). The van der Waals surface area contributed by atoms with Crippen molar-refractivity contribution in [2.45, 2.75) is 82.6 Å². The van der Waals surface area contributed by atoms with Gasteiger partial charge in [0.2, 0.25) is 0 Å². The highest BCUT2D eigenvalue weighted by atomic mass is 16.6. The molecule has 0 aromatic carbocycles. The van der Waals surface area contributed by atoms with Crippen LogP contribution in [0.2, 0.25) is 0 Å². The summed E-state index contributed by atoms with van der Waals surface area (Å²) in [4.78, 5) is 25.9. The first kappa shape index (κ1) is 27.3. The Morgan fingerprint density at radius 3 is 2.63 bits per heavy atom. The summed E-state index contributed by atoms with van der Waals surface area (Å²) in [6, 6.07) is 0. The molecule has 208 valence electrons. The van der Waals surface area contributed by atoms with Crippen LogP contribution < -0.4 is 0 Å². The Morgan fingerprint density at radius 2 is 1.92 bits per heavy atom. The third kappa shape index (κ3) is 4.48. The van der Waals surface area contributed by atoms with E-state index in [4.69, 9.17) is 23.7 Å². The monoisotopic (exact) mass is 530 g/mol. The molecular formula is C29H38O9. The molecule has 0 aromatic heterocycles. The summed E-state index contributed by atoms with van der Waals surface area (Å²) in [5.41, 5.74) is -0.328. The number of ether oxygens (including phenoxy) is 5. The van der Waals surface area contributed by atoms with Gasteiger partial charge in [0.05, 0.1) is 43.5 Å². The molecule has 1 saturated carbocycles. The number of aliphatic hydroxyl groups is 2. The van der Waals surface area contributed by atoms with Crippen molar-refractivity contribution in [3.8, 4) is 0 Å². The van der Waals surface area contributed by atoms with Crippen molar-refractivity contribution in [2.24, 2.45) is 10.8 Å². The molecule has 38 heavy (non-hydrogen) atoms. The Hall–Kier alpha value is -2.30. The van der Waals surface area contributed by atoms with Crippen molar-refractivity contribution < 1.29 is 43.5 Å². The summed E-state index contributed by atoms with van der Waals surface area (Å²) in [6.07, 6.45) is 9.34. The summed E-state index contributed by atoms with van der Waals surface area (Å²) < 4.78 is 30.4. The Bertz CT molecular complexity index is 1070. The van der Waals surface area contributed by atoms with E-state index in [-0.39, 0.29) is 19.3 Å². The van der Waals surface area contributed by atoms with Crippen LogP contribution in [0.15, 0.2) is 47.6 Å². The lowest BCUT2D eigenvalue weighted by atomic mass is 9.51. The van der Waals surface area contributed by atoms with Gasteiger partial charge in [0.15, 0.2) is 0 Å². The molecule has 3 heterocycles. The topological polar surface area (TPSA) is 124 Å². The highest BCUT2D eigenvalue weighted by molar-refractivity contribution is 5.83. The zero-order valence-corrected chi connectivity index (χ0v) is 22.3. The third-order valence-corrected chi connectivity index (χ3v) is 9.32. The van der Waals surface area contributed by atoms with Gasteiger partial charge in [-0.15, -0.1) is 0 Å². The first-order chi connectivity index (χ1) is 18.1. The lowest BCUT2D eigenvalue weighted by molar-refractivity contribution is -0.232. The van der Waals surface area contributed by atoms with Gasteiger partial charge < -0.3 is 33.9 Å². The van der Waals surface area contributed by atoms with Gasteiger partial charge in [0, 0.05) is 24.0 Å². The lowest BCUT2D eigenvalue weighted by Crippen LogP contribution is -2.66. The van der Waals surface area contributed by atoms with Crippen molar-refractivity contribution in [1.29, 1.82) is 0 Å². The van der Waals surface area contributed by atoms with Gasteiger partial charge in [0.1, 0.15) is 24.4 Å². The Balaban J connectivity index is 1.52. The van der Waals surface area contributed by atoms with Crippen LogP contribution in [0, 0.1) is 10.8 Å². The summed E-state index contributed by atoms with van der Waals surface area (Å²) in [5, 5.41) is 19.9. The average Bonchev–Trinajstić information content (AvgIpc) is 3.66. The van der Waals surface area contributed by atoms with E-state index in [9.17, 15) is 19.8 Å². The molecule has 2 N–H and O–H groups in total. The second kappa shape index (κ2) is 10.4. The smallest absolute Gasteiger partial charge is 0.331 e. The number of hydrogen-bond acceptors (Lipinski definition) is 9. The minimum absolute atomic E-state index is 0.0601. The average molecular weight is 531 g/mol. The molecule has 9 nitrogen and oxygen atoms in total.